The standard InChI is InChI=1S/C20H21N5/c1-2-25(18-10-4-3-5-11-18)20-22-19(14-21-23-20)24-13-12-16-8-6-7-9-17(16)15-24/h3-11,14H,2,12-13,15H2,1H3. The molecule has 0 spiro atoms. The van der Waals surface area contributed by atoms with Crippen molar-refractivity contribution in [1.82, 2.24) is 15.2 Å². The molecule has 3 aromatic rings. The summed E-state index contributed by atoms with van der Waals surface area (Å²) >= 11 is 0. The Morgan fingerprint density at radius 3 is 2.56 bits per heavy atom. The maximum Gasteiger partial charge on any atom is 0.251 e. The number of aromatic nitrogens is 3. The van der Waals surface area contributed by atoms with E-state index in [-0.39, 0.29) is 0 Å². The van der Waals surface area contributed by atoms with Gasteiger partial charge in [0.2, 0.25) is 0 Å². The molecule has 4 rings (SSSR count). The molecule has 1 aliphatic rings. The zero-order valence-electron chi connectivity index (χ0n) is 14.3. The van der Waals surface area contributed by atoms with Gasteiger partial charge < -0.3 is 9.80 Å². The predicted molar refractivity (Wildman–Crippen MR) is 100 cm³/mol. The highest BCUT2D eigenvalue weighted by Crippen LogP contribution is 2.25. The summed E-state index contributed by atoms with van der Waals surface area (Å²) in [6, 6.07) is 18.8. The van der Waals surface area contributed by atoms with E-state index in [0.717, 1.165) is 37.6 Å². The lowest BCUT2D eigenvalue weighted by atomic mass is 10.0. The minimum atomic E-state index is 0.644. The van der Waals surface area contributed by atoms with Crippen LogP contribution in [0.3, 0.4) is 0 Å². The van der Waals surface area contributed by atoms with Gasteiger partial charge in [-0.2, -0.15) is 10.1 Å². The Balaban J connectivity index is 1.62. The van der Waals surface area contributed by atoms with Crippen LogP contribution in [-0.4, -0.2) is 28.3 Å². The SMILES string of the molecule is CCN(c1ccccc1)c1nncc(N2CCc3ccccc3C2)n1. The van der Waals surface area contributed by atoms with Crippen LogP contribution in [0.25, 0.3) is 0 Å². The molecule has 0 atom stereocenters. The van der Waals surface area contributed by atoms with Gasteiger partial charge in [-0.3, -0.25) is 0 Å². The number of fused-ring (bicyclic) bond motifs is 1. The van der Waals surface area contributed by atoms with Gasteiger partial charge in [-0.05, 0) is 36.6 Å². The fourth-order valence-electron chi connectivity index (χ4n) is 3.29. The van der Waals surface area contributed by atoms with E-state index < -0.39 is 0 Å². The topological polar surface area (TPSA) is 45.2 Å². The van der Waals surface area contributed by atoms with E-state index in [4.69, 9.17) is 4.98 Å². The van der Waals surface area contributed by atoms with Crippen molar-refractivity contribution in [3.63, 3.8) is 0 Å². The average Bonchev–Trinajstić information content (AvgIpc) is 2.69. The summed E-state index contributed by atoms with van der Waals surface area (Å²) in [5.41, 5.74) is 3.87. The quantitative estimate of drug-likeness (QED) is 0.731. The molecule has 5 nitrogen and oxygen atoms in total. The van der Waals surface area contributed by atoms with Gasteiger partial charge in [-0.1, -0.05) is 42.5 Å². The lowest BCUT2D eigenvalue weighted by Gasteiger charge is -2.30. The van der Waals surface area contributed by atoms with Crippen molar-refractivity contribution in [2.75, 3.05) is 22.9 Å². The first-order valence-corrected chi connectivity index (χ1v) is 8.69. The molecule has 0 saturated carbocycles. The number of hydrogen-bond donors (Lipinski definition) is 0. The molecule has 0 fully saturated rings. The molecule has 2 heterocycles. The number of nitrogens with zero attached hydrogens (tertiary/aromatic N) is 5. The third-order valence-corrected chi connectivity index (χ3v) is 4.62. The van der Waals surface area contributed by atoms with Crippen LogP contribution in [0.4, 0.5) is 17.5 Å². The summed E-state index contributed by atoms with van der Waals surface area (Å²) in [7, 11) is 0. The number of anilines is 3. The van der Waals surface area contributed by atoms with Crippen molar-refractivity contribution >= 4 is 17.5 Å². The summed E-state index contributed by atoms with van der Waals surface area (Å²) in [6.07, 6.45) is 2.79. The molecule has 2 aromatic carbocycles. The molecule has 0 radical (unpaired) electrons. The van der Waals surface area contributed by atoms with Gasteiger partial charge in [0.1, 0.15) is 0 Å². The minimum absolute atomic E-state index is 0.644. The molecular formula is C20H21N5. The van der Waals surface area contributed by atoms with Crippen LogP contribution in [0, 0.1) is 0 Å². The van der Waals surface area contributed by atoms with Gasteiger partial charge in [-0.15, -0.1) is 5.10 Å². The van der Waals surface area contributed by atoms with E-state index in [2.05, 4.69) is 63.3 Å². The van der Waals surface area contributed by atoms with Crippen molar-refractivity contribution in [3.8, 4) is 0 Å². The monoisotopic (exact) mass is 331 g/mol. The van der Waals surface area contributed by atoms with E-state index in [0.29, 0.717) is 5.95 Å². The number of para-hydroxylation sites is 1. The summed E-state index contributed by atoms with van der Waals surface area (Å²) in [5.74, 6) is 1.53. The molecule has 0 amide bonds. The molecule has 0 N–H and O–H groups in total. The van der Waals surface area contributed by atoms with Crippen LogP contribution in [0.15, 0.2) is 60.8 Å². The second-order valence-corrected chi connectivity index (χ2v) is 6.13. The highest BCUT2D eigenvalue weighted by atomic mass is 15.3. The van der Waals surface area contributed by atoms with Crippen LogP contribution in [0.1, 0.15) is 18.1 Å². The Bertz CT molecular complexity index is 849. The first-order chi connectivity index (χ1) is 12.3. The van der Waals surface area contributed by atoms with Crippen LogP contribution >= 0.6 is 0 Å². The first-order valence-electron chi connectivity index (χ1n) is 8.69. The lowest BCUT2D eigenvalue weighted by molar-refractivity contribution is 0.711. The maximum atomic E-state index is 4.80. The zero-order valence-corrected chi connectivity index (χ0v) is 14.3. The molecule has 5 heteroatoms. The summed E-state index contributed by atoms with van der Waals surface area (Å²) in [6.45, 7) is 4.70. The molecule has 25 heavy (non-hydrogen) atoms. The summed E-state index contributed by atoms with van der Waals surface area (Å²) in [4.78, 5) is 9.15. The Morgan fingerprint density at radius 2 is 1.76 bits per heavy atom. The zero-order chi connectivity index (χ0) is 17.1. The van der Waals surface area contributed by atoms with Crippen LogP contribution in [0.5, 0.6) is 0 Å². The molecule has 0 aliphatic carbocycles. The van der Waals surface area contributed by atoms with Crippen molar-refractivity contribution < 1.29 is 0 Å². The second-order valence-electron chi connectivity index (χ2n) is 6.13. The summed E-state index contributed by atoms with van der Waals surface area (Å²) in [5, 5.41) is 8.48. The molecule has 1 aromatic heterocycles. The Hall–Kier alpha value is -2.95. The van der Waals surface area contributed by atoms with Crippen molar-refractivity contribution in [2.24, 2.45) is 0 Å². The smallest absolute Gasteiger partial charge is 0.251 e. The fourth-order valence-corrected chi connectivity index (χ4v) is 3.29. The molecular weight excluding hydrogens is 310 g/mol. The van der Waals surface area contributed by atoms with Crippen molar-refractivity contribution in [3.05, 3.63) is 71.9 Å². The average molecular weight is 331 g/mol. The van der Waals surface area contributed by atoms with Crippen LogP contribution < -0.4 is 9.80 Å². The van der Waals surface area contributed by atoms with Crippen LogP contribution in [0.2, 0.25) is 0 Å². The Kier molecular flexibility index (Phi) is 4.29. The molecule has 0 bridgehead atoms. The van der Waals surface area contributed by atoms with Gasteiger partial charge >= 0.3 is 0 Å². The molecule has 126 valence electrons. The van der Waals surface area contributed by atoms with E-state index in [1.54, 1.807) is 6.20 Å². The first kappa shape index (κ1) is 15.6. The second kappa shape index (κ2) is 6.89. The number of hydrogen-bond acceptors (Lipinski definition) is 5. The largest absolute Gasteiger partial charge is 0.350 e. The molecule has 0 unspecified atom stereocenters. The fraction of sp³-hybridized carbons (Fsp3) is 0.250. The van der Waals surface area contributed by atoms with E-state index in [1.807, 2.05) is 18.2 Å². The van der Waals surface area contributed by atoms with E-state index in [1.165, 1.54) is 11.1 Å². The van der Waals surface area contributed by atoms with Gasteiger partial charge in [0, 0.05) is 25.3 Å². The maximum absolute atomic E-state index is 4.80. The normalized spacial score (nSPS) is 13.4. The highest BCUT2D eigenvalue weighted by Gasteiger charge is 2.19. The van der Waals surface area contributed by atoms with Gasteiger partial charge in [0.05, 0.1) is 6.20 Å². The van der Waals surface area contributed by atoms with Gasteiger partial charge in [0.15, 0.2) is 5.82 Å². The Labute approximate surface area is 148 Å². The van der Waals surface area contributed by atoms with Crippen LogP contribution in [-0.2, 0) is 13.0 Å². The molecule has 0 saturated heterocycles. The van der Waals surface area contributed by atoms with E-state index in [9.17, 15) is 0 Å². The Morgan fingerprint density at radius 1 is 1.00 bits per heavy atom. The lowest BCUT2D eigenvalue weighted by Crippen LogP contribution is -2.31. The predicted octanol–water partition coefficient (Wildman–Crippen LogP) is 3.59. The van der Waals surface area contributed by atoms with Gasteiger partial charge in [0.25, 0.3) is 5.95 Å². The van der Waals surface area contributed by atoms with Crippen molar-refractivity contribution in [2.45, 2.75) is 19.9 Å². The minimum Gasteiger partial charge on any atom is -0.350 e. The number of rotatable bonds is 4. The third-order valence-electron chi connectivity index (χ3n) is 4.62. The summed E-state index contributed by atoms with van der Waals surface area (Å²) < 4.78 is 0. The molecule has 1 aliphatic heterocycles. The number of benzene rings is 2. The highest BCUT2D eigenvalue weighted by molar-refractivity contribution is 5.58. The van der Waals surface area contributed by atoms with Gasteiger partial charge in [-0.25, -0.2) is 0 Å². The van der Waals surface area contributed by atoms with Crippen molar-refractivity contribution in [1.29, 1.82) is 0 Å². The third kappa shape index (κ3) is 3.18. The van der Waals surface area contributed by atoms with E-state index >= 15 is 0 Å².